The number of pyridine rings is 1. The molecule has 3 rings (SSSR count). The van der Waals surface area contributed by atoms with Crippen molar-refractivity contribution in [1.29, 1.82) is 0 Å². The zero-order chi connectivity index (χ0) is 13.1. The fourth-order valence-corrected chi connectivity index (χ4v) is 3.30. The molecule has 4 nitrogen and oxygen atoms in total. The van der Waals surface area contributed by atoms with Gasteiger partial charge in [0.05, 0.1) is 18.8 Å². The number of hydrogen-bond acceptors (Lipinski definition) is 4. The van der Waals surface area contributed by atoms with Crippen LogP contribution in [0, 0.1) is 0 Å². The summed E-state index contributed by atoms with van der Waals surface area (Å²) in [6, 6.07) is 4.63. The molecule has 2 aliphatic rings. The molecule has 0 spiro atoms. The molecule has 1 aliphatic heterocycles. The molecular formula is C15H22N2O2. The molecular weight excluding hydrogens is 240 g/mol. The Balaban J connectivity index is 1.73. The van der Waals surface area contributed by atoms with Crippen LogP contribution in [0.1, 0.15) is 25.3 Å². The SMILES string of the molecule is CCOC1C2CCC1N(Cc1cccnc1)CCO2. The molecule has 104 valence electrons. The number of ether oxygens (including phenoxy) is 2. The largest absolute Gasteiger partial charge is 0.374 e. The van der Waals surface area contributed by atoms with Gasteiger partial charge in [0, 0.05) is 38.1 Å². The normalized spacial score (nSPS) is 31.3. The van der Waals surface area contributed by atoms with Crippen LogP contribution < -0.4 is 0 Å². The summed E-state index contributed by atoms with van der Waals surface area (Å²) >= 11 is 0. The monoisotopic (exact) mass is 262 g/mol. The summed E-state index contributed by atoms with van der Waals surface area (Å²) in [5.74, 6) is 0. The van der Waals surface area contributed by atoms with E-state index in [-0.39, 0.29) is 6.10 Å². The van der Waals surface area contributed by atoms with Crippen LogP contribution >= 0.6 is 0 Å². The van der Waals surface area contributed by atoms with Gasteiger partial charge < -0.3 is 9.47 Å². The minimum atomic E-state index is 0.240. The Morgan fingerprint density at radius 2 is 2.42 bits per heavy atom. The highest BCUT2D eigenvalue weighted by atomic mass is 16.5. The molecule has 1 aromatic heterocycles. The predicted octanol–water partition coefficient (Wildman–Crippen LogP) is 1.85. The van der Waals surface area contributed by atoms with Gasteiger partial charge in [0.1, 0.15) is 0 Å². The van der Waals surface area contributed by atoms with Crippen molar-refractivity contribution in [2.24, 2.45) is 0 Å². The Morgan fingerprint density at radius 3 is 3.21 bits per heavy atom. The average Bonchev–Trinajstić information content (AvgIpc) is 2.73. The summed E-state index contributed by atoms with van der Waals surface area (Å²) in [7, 11) is 0. The van der Waals surface area contributed by atoms with Crippen molar-refractivity contribution in [3.05, 3.63) is 30.1 Å². The molecule has 2 heterocycles. The van der Waals surface area contributed by atoms with E-state index in [1.165, 1.54) is 12.0 Å². The third-order valence-corrected chi connectivity index (χ3v) is 4.14. The molecule has 1 aromatic rings. The highest BCUT2D eigenvalue weighted by molar-refractivity contribution is 5.09. The summed E-state index contributed by atoms with van der Waals surface area (Å²) in [5.41, 5.74) is 1.27. The maximum Gasteiger partial charge on any atom is 0.0991 e. The lowest BCUT2D eigenvalue weighted by atomic mass is 10.1. The van der Waals surface area contributed by atoms with Crippen molar-refractivity contribution in [3.8, 4) is 0 Å². The molecule has 0 N–H and O–H groups in total. The van der Waals surface area contributed by atoms with Gasteiger partial charge in [-0.1, -0.05) is 6.07 Å². The first-order chi connectivity index (χ1) is 9.38. The second-order valence-electron chi connectivity index (χ2n) is 5.31. The molecule has 2 fully saturated rings. The fraction of sp³-hybridized carbons (Fsp3) is 0.667. The van der Waals surface area contributed by atoms with E-state index in [9.17, 15) is 0 Å². The van der Waals surface area contributed by atoms with Gasteiger partial charge in [0.2, 0.25) is 0 Å². The van der Waals surface area contributed by atoms with Crippen molar-refractivity contribution in [2.75, 3.05) is 19.8 Å². The first-order valence-electron chi connectivity index (χ1n) is 7.24. The van der Waals surface area contributed by atoms with E-state index in [4.69, 9.17) is 9.47 Å². The van der Waals surface area contributed by atoms with Gasteiger partial charge in [-0.15, -0.1) is 0 Å². The van der Waals surface area contributed by atoms with Crippen LogP contribution in [0.3, 0.4) is 0 Å². The van der Waals surface area contributed by atoms with Gasteiger partial charge in [-0.3, -0.25) is 9.88 Å². The lowest BCUT2D eigenvalue weighted by Gasteiger charge is -2.30. The quantitative estimate of drug-likeness (QED) is 0.829. The van der Waals surface area contributed by atoms with Gasteiger partial charge in [-0.2, -0.15) is 0 Å². The standard InChI is InChI=1S/C15H22N2O2/c1-2-18-15-13-5-6-14(15)19-9-8-17(13)11-12-4-3-7-16-10-12/h3-4,7,10,13-15H,2,5-6,8-9,11H2,1H3. The van der Waals surface area contributed by atoms with E-state index in [0.717, 1.165) is 32.7 Å². The molecule has 2 bridgehead atoms. The summed E-state index contributed by atoms with van der Waals surface area (Å²) in [6.07, 6.45) is 6.61. The van der Waals surface area contributed by atoms with E-state index in [1.807, 2.05) is 18.5 Å². The Hall–Kier alpha value is -0.970. The lowest BCUT2D eigenvalue weighted by Crippen LogP contribution is -2.42. The van der Waals surface area contributed by atoms with Crippen molar-refractivity contribution >= 4 is 0 Å². The van der Waals surface area contributed by atoms with Crippen LogP contribution in [-0.4, -0.2) is 47.9 Å². The van der Waals surface area contributed by atoms with Gasteiger partial charge in [0.15, 0.2) is 0 Å². The Labute approximate surface area is 114 Å². The summed E-state index contributed by atoms with van der Waals surface area (Å²) in [6.45, 7) is 5.57. The van der Waals surface area contributed by atoms with E-state index >= 15 is 0 Å². The first kappa shape index (κ1) is 13.0. The average molecular weight is 262 g/mol. The number of fused-ring (bicyclic) bond motifs is 2. The second kappa shape index (κ2) is 5.99. The second-order valence-corrected chi connectivity index (χ2v) is 5.31. The smallest absolute Gasteiger partial charge is 0.0991 e. The maximum atomic E-state index is 5.94. The van der Waals surface area contributed by atoms with E-state index in [2.05, 4.69) is 22.9 Å². The van der Waals surface area contributed by atoms with Crippen LogP contribution in [0.15, 0.2) is 24.5 Å². The predicted molar refractivity (Wildman–Crippen MR) is 72.8 cm³/mol. The van der Waals surface area contributed by atoms with Gasteiger partial charge in [0.25, 0.3) is 0 Å². The third kappa shape index (κ3) is 2.81. The minimum Gasteiger partial charge on any atom is -0.374 e. The maximum absolute atomic E-state index is 5.94. The van der Waals surface area contributed by atoms with Crippen LogP contribution in [0.5, 0.6) is 0 Å². The summed E-state index contributed by atoms with van der Waals surface area (Å²) in [4.78, 5) is 6.71. The highest BCUT2D eigenvalue weighted by Crippen LogP contribution is 2.32. The molecule has 3 unspecified atom stereocenters. The lowest BCUT2D eigenvalue weighted by molar-refractivity contribution is -0.0498. The van der Waals surface area contributed by atoms with Gasteiger partial charge in [-0.25, -0.2) is 0 Å². The van der Waals surface area contributed by atoms with Crippen molar-refractivity contribution < 1.29 is 9.47 Å². The number of hydrogen-bond donors (Lipinski definition) is 0. The minimum absolute atomic E-state index is 0.240. The van der Waals surface area contributed by atoms with Crippen LogP contribution in [-0.2, 0) is 16.0 Å². The molecule has 1 saturated heterocycles. The zero-order valence-corrected chi connectivity index (χ0v) is 11.5. The zero-order valence-electron chi connectivity index (χ0n) is 11.5. The van der Waals surface area contributed by atoms with Crippen molar-refractivity contribution in [3.63, 3.8) is 0 Å². The van der Waals surface area contributed by atoms with Gasteiger partial charge >= 0.3 is 0 Å². The first-order valence-corrected chi connectivity index (χ1v) is 7.24. The Bertz CT molecular complexity index is 398. The fourth-order valence-electron chi connectivity index (χ4n) is 3.30. The van der Waals surface area contributed by atoms with Crippen LogP contribution in [0.4, 0.5) is 0 Å². The molecule has 1 aliphatic carbocycles. The summed E-state index contributed by atoms with van der Waals surface area (Å²) in [5, 5.41) is 0. The highest BCUT2D eigenvalue weighted by Gasteiger charge is 2.42. The molecule has 19 heavy (non-hydrogen) atoms. The van der Waals surface area contributed by atoms with E-state index < -0.39 is 0 Å². The van der Waals surface area contributed by atoms with Gasteiger partial charge in [-0.05, 0) is 31.4 Å². The van der Waals surface area contributed by atoms with Crippen molar-refractivity contribution in [1.82, 2.24) is 9.88 Å². The van der Waals surface area contributed by atoms with E-state index in [0.29, 0.717) is 12.1 Å². The molecule has 3 atom stereocenters. The topological polar surface area (TPSA) is 34.6 Å². The third-order valence-electron chi connectivity index (χ3n) is 4.14. The van der Waals surface area contributed by atoms with Crippen LogP contribution in [0.2, 0.25) is 0 Å². The summed E-state index contributed by atoms with van der Waals surface area (Å²) < 4.78 is 11.9. The molecule has 0 aromatic carbocycles. The number of rotatable bonds is 4. The molecule has 0 radical (unpaired) electrons. The Kier molecular flexibility index (Phi) is 4.11. The number of nitrogens with zero attached hydrogens (tertiary/aromatic N) is 2. The van der Waals surface area contributed by atoms with E-state index in [1.54, 1.807) is 0 Å². The molecule has 0 amide bonds. The molecule has 1 saturated carbocycles. The van der Waals surface area contributed by atoms with Crippen LogP contribution in [0.25, 0.3) is 0 Å². The van der Waals surface area contributed by atoms with Crippen molar-refractivity contribution in [2.45, 2.75) is 44.6 Å². The Morgan fingerprint density at radius 1 is 1.47 bits per heavy atom. The molecule has 4 heteroatoms. The number of aromatic nitrogens is 1.